The van der Waals surface area contributed by atoms with Gasteiger partial charge in [0.1, 0.15) is 24.1 Å². The number of anilines is 2. The van der Waals surface area contributed by atoms with Gasteiger partial charge in [0.05, 0.1) is 6.61 Å². The normalized spacial score (nSPS) is 15.4. The average molecular weight is 290 g/mol. The highest BCUT2D eigenvalue weighted by Crippen LogP contribution is 2.39. The van der Waals surface area contributed by atoms with E-state index in [1.54, 1.807) is 6.92 Å². The molecule has 20 heavy (non-hydrogen) atoms. The summed E-state index contributed by atoms with van der Waals surface area (Å²) in [7, 11) is 0. The molecule has 0 atom stereocenters. The number of halogens is 3. The van der Waals surface area contributed by atoms with Gasteiger partial charge in [0.15, 0.2) is 0 Å². The number of rotatable bonds is 6. The molecule has 0 aliphatic heterocycles. The maximum absolute atomic E-state index is 11.9. The van der Waals surface area contributed by atoms with Crippen LogP contribution in [0.25, 0.3) is 0 Å². The van der Waals surface area contributed by atoms with Crippen molar-refractivity contribution in [2.45, 2.75) is 31.9 Å². The molecule has 0 amide bonds. The van der Waals surface area contributed by atoms with Gasteiger partial charge in [-0.3, -0.25) is 0 Å². The Bertz CT molecular complexity index is 475. The lowest BCUT2D eigenvalue weighted by Gasteiger charge is -2.12. The molecule has 1 aromatic rings. The third kappa shape index (κ3) is 4.22. The minimum absolute atomic E-state index is 0.0539. The van der Waals surface area contributed by atoms with Crippen molar-refractivity contribution in [3.05, 3.63) is 11.4 Å². The largest absolute Gasteiger partial charge is 0.411 e. The Hall–Kier alpha value is -1.57. The van der Waals surface area contributed by atoms with Crippen molar-refractivity contribution in [2.75, 3.05) is 30.8 Å². The van der Waals surface area contributed by atoms with Gasteiger partial charge in [-0.1, -0.05) is 0 Å². The second-order valence-corrected chi connectivity index (χ2v) is 4.81. The number of nitrogen functional groups attached to an aromatic ring is 1. The van der Waals surface area contributed by atoms with Gasteiger partial charge in [-0.25, -0.2) is 9.97 Å². The smallest absolute Gasteiger partial charge is 0.383 e. The number of hydrogen-bond acceptors (Lipinski definition) is 5. The molecular weight excluding hydrogens is 273 g/mol. The summed E-state index contributed by atoms with van der Waals surface area (Å²) in [5, 5.41) is 2.94. The number of nitrogens with one attached hydrogen (secondary N) is 1. The van der Waals surface area contributed by atoms with Crippen LogP contribution in [-0.4, -0.2) is 35.9 Å². The van der Waals surface area contributed by atoms with E-state index >= 15 is 0 Å². The van der Waals surface area contributed by atoms with Crippen molar-refractivity contribution in [3.63, 3.8) is 0 Å². The lowest BCUT2D eigenvalue weighted by Crippen LogP contribution is -2.20. The predicted molar refractivity (Wildman–Crippen MR) is 68.5 cm³/mol. The molecule has 112 valence electrons. The lowest BCUT2D eigenvalue weighted by molar-refractivity contribution is -0.172. The molecule has 1 saturated carbocycles. The monoisotopic (exact) mass is 290 g/mol. The fourth-order valence-corrected chi connectivity index (χ4v) is 1.68. The molecule has 1 aliphatic carbocycles. The molecule has 0 aromatic carbocycles. The van der Waals surface area contributed by atoms with Gasteiger partial charge < -0.3 is 15.8 Å². The van der Waals surface area contributed by atoms with Gasteiger partial charge in [0.2, 0.25) is 0 Å². The van der Waals surface area contributed by atoms with E-state index in [1.807, 2.05) is 0 Å². The topological polar surface area (TPSA) is 73.1 Å². The molecule has 2 rings (SSSR count). The molecule has 5 nitrogen and oxygen atoms in total. The Morgan fingerprint density at radius 2 is 2.05 bits per heavy atom. The van der Waals surface area contributed by atoms with Crippen LogP contribution in [0.5, 0.6) is 0 Å². The maximum Gasteiger partial charge on any atom is 0.411 e. The predicted octanol–water partition coefficient (Wildman–Crippen LogP) is 2.24. The van der Waals surface area contributed by atoms with E-state index in [9.17, 15) is 13.2 Å². The fraction of sp³-hybridized carbons (Fsp3) is 0.667. The number of ether oxygens (including phenoxy) is 1. The molecule has 1 fully saturated rings. The maximum atomic E-state index is 11.9. The Balaban J connectivity index is 1.86. The standard InChI is InChI=1S/C12H17F3N4O/c1-7-9(16)18-11(8-2-3-8)19-10(7)17-4-5-20-6-12(13,14)15/h8H,2-6H2,1H3,(H3,16,17,18,19). The SMILES string of the molecule is Cc1c(N)nc(C2CC2)nc1NCCOCC(F)(F)F. The molecule has 8 heteroatoms. The Labute approximate surface area is 114 Å². The van der Waals surface area contributed by atoms with Gasteiger partial charge in [0.25, 0.3) is 0 Å². The van der Waals surface area contributed by atoms with Crippen molar-refractivity contribution in [3.8, 4) is 0 Å². The Kier molecular flexibility index (Phi) is 4.32. The zero-order valence-electron chi connectivity index (χ0n) is 11.1. The molecule has 3 N–H and O–H groups in total. The zero-order chi connectivity index (χ0) is 14.8. The van der Waals surface area contributed by atoms with Crippen molar-refractivity contribution < 1.29 is 17.9 Å². The number of hydrogen-bond donors (Lipinski definition) is 2. The second-order valence-electron chi connectivity index (χ2n) is 4.81. The third-order valence-corrected chi connectivity index (χ3v) is 2.95. The van der Waals surface area contributed by atoms with Crippen LogP contribution in [0.1, 0.15) is 30.1 Å². The van der Waals surface area contributed by atoms with E-state index in [4.69, 9.17) is 5.73 Å². The van der Waals surface area contributed by atoms with E-state index < -0.39 is 12.8 Å². The van der Waals surface area contributed by atoms with E-state index in [0.29, 0.717) is 28.9 Å². The summed E-state index contributed by atoms with van der Waals surface area (Å²) < 4.78 is 40.2. The van der Waals surface area contributed by atoms with Crippen LogP contribution in [-0.2, 0) is 4.74 Å². The van der Waals surface area contributed by atoms with Crippen molar-refractivity contribution in [2.24, 2.45) is 0 Å². The molecule has 0 spiro atoms. The highest BCUT2D eigenvalue weighted by atomic mass is 19.4. The second kappa shape index (κ2) is 5.82. The summed E-state index contributed by atoms with van der Waals surface area (Å²) in [6, 6.07) is 0. The summed E-state index contributed by atoms with van der Waals surface area (Å²) in [5.74, 6) is 2.03. The van der Waals surface area contributed by atoms with Crippen LogP contribution in [0.3, 0.4) is 0 Å². The van der Waals surface area contributed by atoms with Gasteiger partial charge in [-0.2, -0.15) is 13.2 Å². The molecule has 1 aromatic heterocycles. The fourth-order valence-electron chi connectivity index (χ4n) is 1.68. The molecule has 1 heterocycles. The minimum atomic E-state index is -4.30. The molecule has 0 unspecified atom stereocenters. The number of aromatic nitrogens is 2. The minimum Gasteiger partial charge on any atom is -0.383 e. The van der Waals surface area contributed by atoms with Crippen LogP contribution in [0, 0.1) is 6.92 Å². The first kappa shape index (κ1) is 14.8. The first-order valence-corrected chi connectivity index (χ1v) is 6.39. The van der Waals surface area contributed by atoms with Crippen molar-refractivity contribution in [1.82, 2.24) is 9.97 Å². The van der Waals surface area contributed by atoms with Gasteiger partial charge in [-0.15, -0.1) is 0 Å². The Morgan fingerprint density at radius 1 is 1.35 bits per heavy atom. The lowest BCUT2D eigenvalue weighted by atomic mass is 10.3. The molecule has 1 aliphatic rings. The van der Waals surface area contributed by atoms with Crippen LogP contribution in [0.15, 0.2) is 0 Å². The summed E-state index contributed by atoms with van der Waals surface area (Å²) >= 11 is 0. The Morgan fingerprint density at radius 3 is 2.65 bits per heavy atom. The number of nitrogens with two attached hydrogens (primary N) is 1. The van der Waals surface area contributed by atoms with Crippen molar-refractivity contribution >= 4 is 11.6 Å². The highest BCUT2D eigenvalue weighted by Gasteiger charge is 2.28. The van der Waals surface area contributed by atoms with Gasteiger partial charge >= 0.3 is 6.18 Å². The number of nitrogens with zero attached hydrogens (tertiary/aromatic N) is 2. The average Bonchev–Trinajstić information content (AvgIpc) is 3.16. The van der Waals surface area contributed by atoms with Gasteiger partial charge in [0, 0.05) is 18.0 Å². The molecule has 0 radical (unpaired) electrons. The zero-order valence-corrected chi connectivity index (χ0v) is 11.1. The summed E-state index contributed by atoms with van der Waals surface area (Å²) in [6.07, 6.45) is -2.19. The summed E-state index contributed by atoms with van der Waals surface area (Å²) in [4.78, 5) is 8.58. The first-order chi connectivity index (χ1) is 9.37. The van der Waals surface area contributed by atoms with Crippen LogP contribution in [0.4, 0.5) is 24.8 Å². The van der Waals surface area contributed by atoms with E-state index in [2.05, 4.69) is 20.0 Å². The van der Waals surface area contributed by atoms with Crippen LogP contribution < -0.4 is 11.1 Å². The van der Waals surface area contributed by atoms with E-state index in [1.165, 1.54) is 0 Å². The summed E-state index contributed by atoms with van der Waals surface area (Å²) in [6.45, 7) is 0.705. The third-order valence-electron chi connectivity index (χ3n) is 2.95. The first-order valence-electron chi connectivity index (χ1n) is 6.39. The van der Waals surface area contributed by atoms with E-state index in [-0.39, 0.29) is 13.2 Å². The molecule has 0 bridgehead atoms. The van der Waals surface area contributed by atoms with E-state index in [0.717, 1.165) is 12.8 Å². The molecular formula is C12H17F3N4O. The van der Waals surface area contributed by atoms with Crippen LogP contribution in [0.2, 0.25) is 0 Å². The van der Waals surface area contributed by atoms with Crippen molar-refractivity contribution in [1.29, 1.82) is 0 Å². The van der Waals surface area contributed by atoms with Gasteiger partial charge in [-0.05, 0) is 19.8 Å². The highest BCUT2D eigenvalue weighted by molar-refractivity contribution is 5.55. The number of alkyl halides is 3. The molecule has 0 saturated heterocycles. The van der Waals surface area contributed by atoms with Crippen LogP contribution >= 0.6 is 0 Å². The quantitative estimate of drug-likeness (QED) is 0.786. The summed E-state index contributed by atoms with van der Waals surface area (Å²) in [5.41, 5.74) is 6.50.